The maximum Gasteiger partial charge on any atom is 0.325 e. The van der Waals surface area contributed by atoms with Crippen molar-refractivity contribution >= 4 is 17.7 Å². The average molecular weight is 242 g/mol. The van der Waals surface area contributed by atoms with Crippen LogP contribution < -0.4 is 4.74 Å². The van der Waals surface area contributed by atoms with Crippen molar-refractivity contribution < 1.29 is 14.6 Å². The lowest BCUT2D eigenvalue weighted by molar-refractivity contribution is -0.137. The largest absolute Gasteiger partial charge is 0.490 e. The van der Waals surface area contributed by atoms with Crippen molar-refractivity contribution in [3.63, 3.8) is 0 Å². The van der Waals surface area contributed by atoms with E-state index in [0.29, 0.717) is 18.3 Å². The number of nitrogens with zero attached hydrogens (tertiary/aromatic N) is 2. The van der Waals surface area contributed by atoms with Gasteiger partial charge >= 0.3 is 5.97 Å². The molecule has 2 rings (SSSR count). The number of carboxylic acid groups (broad SMARTS) is 1. The van der Waals surface area contributed by atoms with Crippen LogP contribution in [0.1, 0.15) is 6.42 Å². The van der Waals surface area contributed by atoms with Crippen LogP contribution in [0.2, 0.25) is 0 Å². The SMILES string of the molecule is O=C(O)Cn1cc(OCC2CCSC2)cn1. The van der Waals surface area contributed by atoms with Crippen LogP contribution in [0.5, 0.6) is 5.75 Å². The second-order valence-corrected chi connectivity index (χ2v) is 4.96. The minimum absolute atomic E-state index is 0.122. The molecule has 0 radical (unpaired) electrons. The number of hydrogen-bond donors (Lipinski definition) is 1. The molecule has 1 saturated heterocycles. The smallest absolute Gasteiger partial charge is 0.325 e. The van der Waals surface area contributed by atoms with E-state index in [1.807, 2.05) is 11.8 Å². The van der Waals surface area contributed by atoms with Crippen molar-refractivity contribution in [3.05, 3.63) is 12.4 Å². The maximum atomic E-state index is 10.4. The van der Waals surface area contributed by atoms with Crippen molar-refractivity contribution in [2.75, 3.05) is 18.1 Å². The summed E-state index contributed by atoms with van der Waals surface area (Å²) in [6.07, 6.45) is 4.38. The third-order valence-corrected chi connectivity index (χ3v) is 3.65. The lowest BCUT2D eigenvalue weighted by Crippen LogP contribution is -2.11. The molecule has 0 aliphatic carbocycles. The molecule has 1 atom stereocenters. The summed E-state index contributed by atoms with van der Waals surface area (Å²) in [5, 5.41) is 12.5. The summed E-state index contributed by atoms with van der Waals surface area (Å²) >= 11 is 1.95. The molecule has 2 heterocycles. The van der Waals surface area contributed by atoms with E-state index >= 15 is 0 Å². The van der Waals surface area contributed by atoms with Crippen LogP contribution in [0.15, 0.2) is 12.4 Å². The van der Waals surface area contributed by atoms with Crippen molar-refractivity contribution in [3.8, 4) is 5.75 Å². The fraction of sp³-hybridized carbons (Fsp3) is 0.600. The number of aliphatic carboxylic acids is 1. The Bertz CT molecular complexity index is 361. The summed E-state index contributed by atoms with van der Waals surface area (Å²) in [4.78, 5) is 10.4. The molecule has 0 aromatic carbocycles. The second kappa shape index (κ2) is 5.25. The van der Waals surface area contributed by atoms with E-state index in [9.17, 15) is 4.79 Å². The Hall–Kier alpha value is -1.17. The van der Waals surface area contributed by atoms with Crippen molar-refractivity contribution in [2.24, 2.45) is 5.92 Å². The number of hydrogen-bond acceptors (Lipinski definition) is 4. The van der Waals surface area contributed by atoms with Gasteiger partial charge in [0.2, 0.25) is 0 Å². The summed E-state index contributed by atoms with van der Waals surface area (Å²) < 4.78 is 6.92. The molecule has 1 aliphatic heterocycles. The van der Waals surface area contributed by atoms with Crippen LogP contribution in [-0.4, -0.2) is 39.0 Å². The minimum Gasteiger partial charge on any atom is -0.490 e. The molecule has 5 nitrogen and oxygen atoms in total. The zero-order chi connectivity index (χ0) is 11.4. The summed E-state index contributed by atoms with van der Waals surface area (Å²) in [7, 11) is 0. The summed E-state index contributed by atoms with van der Waals surface area (Å²) in [6.45, 7) is 0.578. The molecule has 1 aromatic rings. The highest BCUT2D eigenvalue weighted by atomic mass is 32.2. The van der Waals surface area contributed by atoms with Crippen molar-refractivity contribution in [2.45, 2.75) is 13.0 Å². The van der Waals surface area contributed by atoms with Gasteiger partial charge in [-0.15, -0.1) is 0 Å². The van der Waals surface area contributed by atoms with Crippen LogP contribution >= 0.6 is 11.8 Å². The Balaban J connectivity index is 1.80. The average Bonchev–Trinajstić information content (AvgIpc) is 2.84. The second-order valence-electron chi connectivity index (χ2n) is 3.81. The zero-order valence-corrected chi connectivity index (χ0v) is 9.65. The first-order valence-corrected chi connectivity index (χ1v) is 6.34. The fourth-order valence-corrected chi connectivity index (χ4v) is 2.84. The molecule has 0 saturated carbocycles. The number of aromatic nitrogens is 2. The molecule has 1 fully saturated rings. The van der Waals surface area contributed by atoms with E-state index in [0.717, 1.165) is 5.75 Å². The van der Waals surface area contributed by atoms with E-state index in [1.165, 1.54) is 16.9 Å². The molecule has 0 spiro atoms. The van der Waals surface area contributed by atoms with Crippen LogP contribution in [0.4, 0.5) is 0 Å². The third kappa shape index (κ3) is 3.16. The standard InChI is InChI=1S/C10H14N2O3S/c13-10(14)5-12-4-9(3-11-12)15-6-8-1-2-16-7-8/h3-4,8H,1-2,5-7H2,(H,13,14). The fourth-order valence-electron chi connectivity index (χ4n) is 1.57. The summed E-state index contributed by atoms with van der Waals surface area (Å²) in [6, 6.07) is 0. The molecule has 1 aliphatic rings. The Morgan fingerprint density at radius 3 is 3.31 bits per heavy atom. The van der Waals surface area contributed by atoms with Gasteiger partial charge in [0.15, 0.2) is 5.75 Å². The number of carboxylic acids is 1. The summed E-state index contributed by atoms with van der Waals surface area (Å²) in [5.41, 5.74) is 0. The van der Waals surface area contributed by atoms with Crippen LogP contribution in [0.25, 0.3) is 0 Å². The van der Waals surface area contributed by atoms with Gasteiger partial charge in [0.25, 0.3) is 0 Å². The Kier molecular flexibility index (Phi) is 3.71. The van der Waals surface area contributed by atoms with Crippen LogP contribution in [-0.2, 0) is 11.3 Å². The highest BCUT2D eigenvalue weighted by molar-refractivity contribution is 7.99. The topological polar surface area (TPSA) is 64.3 Å². The molecule has 88 valence electrons. The van der Waals surface area contributed by atoms with Gasteiger partial charge < -0.3 is 9.84 Å². The predicted molar refractivity (Wildman–Crippen MR) is 60.8 cm³/mol. The molecule has 16 heavy (non-hydrogen) atoms. The Morgan fingerprint density at radius 1 is 1.75 bits per heavy atom. The molecular formula is C10H14N2O3S. The number of ether oxygens (including phenoxy) is 1. The Labute approximate surface area is 97.8 Å². The molecule has 0 bridgehead atoms. The normalized spacial score (nSPS) is 19.9. The first-order valence-electron chi connectivity index (χ1n) is 5.19. The van der Waals surface area contributed by atoms with Gasteiger partial charge in [-0.1, -0.05) is 0 Å². The molecular weight excluding hydrogens is 228 g/mol. The third-order valence-electron chi connectivity index (χ3n) is 2.42. The van der Waals surface area contributed by atoms with Gasteiger partial charge in [-0.2, -0.15) is 16.9 Å². The number of rotatable bonds is 5. The van der Waals surface area contributed by atoms with Gasteiger partial charge in [-0.3, -0.25) is 9.48 Å². The molecule has 0 amide bonds. The van der Waals surface area contributed by atoms with Crippen LogP contribution in [0, 0.1) is 5.92 Å². The van der Waals surface area contributed by atoms with E-state index in [1.54, 1.807) is 12.4 Å². The zero-order valence-electron chi connectivity index (χ0n) is 8.83. The molecule has 6 heteroatoms. The van der Waals surface area contributed by atoms with E-state index in [-0.39, 0.29) is 6.54 Å². The van der Waals surface area contributed by atoms with Gasteiger partial charge in [0, 0.05) is 5.92 Å². The summed E-state index contributed by atoms with van der Waals surface area (Å²) in [5.74, 6) is 2.74. The molecule has 1 aromatic heterocycles. The number of carbonyl (C=O) groups is 1. The minimum atomic E-state index is -0.901. The van der Waals surface area contributed by atoms with Gasteiger partial charge in [-0.05, 0) is 17.9 Å². The van der Waals surface area contributed by atoms with Gasteiger partial charge in [0.05, 0.1) is 19.0 Å². The first-order chi connectivity index (χ1) is 7.74. The quantitative estimate of drug-likeness (QED) is 0.837. The monoisotopic (exact) mass is 242 g/mol. The molecule has 1 N–H and O–H groups in total. The van der Waals surface area contributed by atoms with E-state index in [4.69, 9.17) is 9.84 Å². The van der Waals surface area contributed by atoms with Gasteiger partial charge in [0.1, 0.15) is 6.54 Å². The molecule has 1 unspecified atom stereocenters. The van der Waals surface area contributed by atoms with E-state index < -0.39 is 5.97 Å². The lowest BCUT2D eigenvalue weighted by atomic mass is 10.1. The van der Waals surface area contributed by atoms with Gasteiger partial charge in [-0.25, -0.2) is 0 Å². The van der Waals surface area contributed by atoms with E-state index in [2.05, 4.69) is 5.10 Å². The van der Waals surface area contributed by atoms with Crippen molar-refractivity contribution in [1.29, 1.82) is 0 Å². The highest BCUT2D eigenvalue weighted by Gasteiger charge is 2.16. The van der Waals surface area contributed by atoms with Crippen LogP contribution in [0.3, 0.4) is 0 Å². The highest BCUT2D eigenvalue weighted by Crippen LogP contribution is 2.24. The van der Waals surface area contributed by atoms with Crippen molar-refractivity contribution in [1.82, 2.24) is 9.78 Å². The first kappa shape index (κ1) is 11.3. The lowest BCUT2D eigenvalue weighted by Gasteiger charge is -2.08. The predicted octanol–water partition coefficient (Wildman–Crippen LogP) is 1.10. The Morgan fingerprint density at radius 2 is 2.62 bits per heavy atom. The maximum absolute atomic E-state index is 10.4. The number of thioether (sulfide) groups is 1.